The Morgan fingerprint density at radius 2 is 2.20 bits per heavy atom. The summed E-state index contributed by atoms with van der Waals surface area (Å²) < 4.78 is 24.8. The highest BCUT2D eigenvalue weighted by molar-refractivity contribution is 7.90. The van der Waals surface area contributed by atoms with Crippen LogP contribution in [0.5, 0.6) is 0 Å². The van der Waals surface area contributed by atoms with Gasteiger partial charge in [-0.1, -0.05) is 0 Å². The Labute approximate surface area is 118 Å². The van der Waals surface area contributed by atoms with E-state index in [1.54, 1.807) is 24.7 Å². The fraction of sp³-hybridized carbons (Fsp3) is 0.308. The van der Waals surface area contributed by atoms with E-state index in [0.29, 0.717) is 5.69 Å². The summed E-state index contributed by atoms with van der Waals surface area (Å²) in [5.41, 5.74) is 7.05. The van der Waals surface area contributed by atoms with Crippen LogP contribution in [0.25, 0.3) is 0 Å². The Bertz CT molecular complexity index is 666. The van der Waals surface area contributed by atoms with Gasteiger partial charge in [-0.2, -0.15) is 0 Å². The molecule has 1 heterocycles. The molecule has 0 atom stereocenters. The summed E-state index contributed by atoms with van der Waals surface area (Å²) in [5.74, 6) is 0. The van der Waals surface area contributed by atoms with E-state index in [1.165, 1.54) is 12.3 Å². The molecule has 108 valence electrons. The zero-order chi connectivity index (χ0) is 14.6. The van der Waals surface area contributed by atoms with Crippen molar-refractivity contribution in [2.24, 2.45) is 0 Å². The third-order valence-electron chi connectivity index (χ3n) is 2.92. The summed E-state index contributed by atoms with van der Waals surface area (Å²) in [5, 5.41) is 3.20. The minimum atomic E-state index is -3.21. The van der Waals surface area contributed by atoms with Crippen molar-refractivity contribution in [2.45, 2.75) is 17.9 Å². The fourth-order valence-electron chi connectivity index (χ4n) is 1.84. The zero-order valence-corrected chi connectivity index (χ0v) is 12.1. The minimum absolute atomic E-state index is 0.235. The van der Waals surface area contributed by atoms with Crippen LogP contribution >= 0.6 is 0 Å². The molecule has 2 aromatic rings. The summed E-state index contributed by atoms with van der Waals surface area (Å²) in [4.78, 5) is 4.21. The second kappa shape index (κ2) is 5.96. The van der Waals surface area contributed by atoms with Gasteiger partial charge in [0.25, 0.3) is 0 Å². The molecule has 0 unspecified atom stereocenters. The summed E-state index contributed by atoms with van der Waals surface area (Å²) in [6, 6.07) is 4.74. The van der Waals surface area contributed by atoms with Crippen LogP contribution in [0.15, 0.2) is 41.8 Å². The molecule has 0 aliphatic rings. The number of rotatable bonds is 6. The smallest absolute Gasteiger partial charge is 0.175 e. The highest BCUT2D eigenvalue weighted by atomic mass is 32.2. The van der Waals surface area contributed by atoms with E-state index in [0.717, 1.165) is 25.2 Å². The molecular formula is C13H18N4O2S. The standard InChI is InChI=1S/C13H18N4O2S/c1-20(18,19)11-3-4-13(12(14)9-11)16-5-2-7-17-8-6-15-10-17/h3-4,6,8-10,16H,2,5,7,14H2,1H3. The molecule has 0 radical (unpaired) electrons. The van der Waals surface area contributed by atoms with Crippen molar-refractivity contribution < 1.29 is 8.42 Å². The Kier molecular flexibility index (Phi) is 4.29. The SMILES string of the molecule is CS(=O)(=O)c1ccc(NCCCn2ccnc2)c(N)c1. The van der Waals surface area contributed by atoms with Gasteiger partial charge in [-0.3, -0.25) is 0 Å². The number of hydrogen-bond acceptors (Lipinski definition) is 5. The molecule has 0 aliphatic heterocycles. The number of benzene rings is 1. The predicted octanol–water partition coefficient (Wildman–Crippen LogP) is 1.37. The molecular weight excluding hydrogens is 276 g/mol. The van der Waals surface area contributed by atoms with E-state index in [-0.39, 0.29) is 4.90 Å². The van der Waals surface area contributed by atoms with Crippen LogP contribution in [-0.2, 0) is 16.4 Å². The van der Waals surface area contributed by atoms with Crippen LogP contribution in [0.2, 0.25) is 0 Å². The normalized spacial score (nSPS) is 11.4. The first-order valence-electron chi connectivity index (χ1n) is 6.26. The molecule has 1 aromatic carbocycles. The second-order valence-electron chi connectivity index (χ2n) is 4.60. The lowest BCUT2D eigenvalue weighted by atomic mass is 10.2. The van der Waals surface area contributed by atoms with E-state index in [1.807, 2.05) is 10.8 Å². The van der Waals surface area contributed by atoms with Gasteiger partial charge in [0.2, 0.25) is 0 Å². The van der Waals surface area contributed by atoms with Crippen molar-refractivity contribution in [2.75, 3.05) is 23.9 Å². The average molecular weight is 294 g/mol. The van der Waals surface area contributed by atoms with Crippen LogP contribution < -0.4 is 11.1 Å². The van der Waals surface area contributed by atoms with Crippen molar-refractivity contribution in [1.82, 2.24) is 9.55 Å². The maximum absolute atomic E-state index is 11.4. The fourth-order valence-corrected chi connectivity index (χ4v) is 2.49. The van der Waals surface area contributed by atoms with E-state index >= 15 is 0 Å². The van der Waals surface area contributed by atoms with Crippen LogP contribution in [0.1, 0.15) is 6.42 Å². The van der Waals surface area contributed by atoms with E-state index in [9.17, 15) is 8.42 Å². The van der Waals surface area contributed by atoms with Gasteiger partial charge in [-0.25, -0.2) is 13.4 Å². The molecule has 1 aromatic heterocycles. The Hall–Kier alpha value is -2.02. The molecule has 0 aliphatic carbocycles. The number of sulfone groups is 1. The third kappa shape index (κ3) is 3.74. The second-order valence-corrected chi connectivity index (χ2v) is 6.62. The number of hydrogen-bond donors (Lipinski definition) is 2. The summed E-state index contributed by atoms with van der Waals surface area (Å²) in [6.45, 7) is 1.62. The number of nitrogens with two attached hydrogens (primary N) is 1. The number of anilines is 2. The van der Waals surface area contributed by atoms with Gasteiger partial charge in [0.05, 0.1) is 22.6 Å². The quantitative estimate of drug-likeness (QED) is 0.620. The lowest BCUT2D eigenvalue weighted by molar-refractivity contribution is 0.602. The van der Waals surface area contributed by atoms with Gasteiger partial charge < -0.3 is 15.6 Å². The summed E-state index contributed by atoms with van der Waals surface area (Å²) in [6.07, 6.45) is 7.52. The van der Waals surface area contributed by atoms with E-state index < -0.39 is 9.84 Å². The van der Waals surface area contributed by atoms with Gasteiger partial charge in [0.1, 0.15) is 0 Å². The first kappa shape index (κ1) is 14.4. The topological polar surface area (TPSA) is 90.0 Å². The average Bonchev–Trinajstić information content (AvgIpc) is 2.88. The molecule has 0 spiro atoms. The van der Waals surface area contributed by atoms with Crippen molar-refractivity contribution in [1.29, 1.82) is 0 Å². The lowest BCUT2D eigenvalue weighted by Crippen LogP contribution is -2.08. The Balaban J connectivity index is 1.90. The highest BCUT2D eigenvalue weighted by Gasteiger charge is 2.09. The number of aryl methyl sites for hydroxylation is 1. The van der Waals surface area contributed by atoms with Gasteiger partial charge in [-0.15, -0.1) is 0 Å². The first-order chi connectivity index (χ1) is 9.47. The largest absolute Gasteiger partial charge is 0.397 e. The maximum atomic E-state index is 11.4. The summed E-state index contributed by atoms with van der Waals surface area (Å²) >= 11 is 0. The molecule has 6 nitrogen and oxygen atoms in total. The first-order valence-corrected chi connectivity index (χ1v) is 8.15. The molecule has 0 saturated carbocycles. The van der Waals surface area contributed by atoms with Crippen molar-refractivity contribution in [3.05, 3.63) is 36.9 Å². The number of nitrogens with zero attached hydrogens (tertiary/aromatic N) is 2. The van der Waals surface area contributed by atoms with Crippen molar-refractivity contribution >= 4 is 21.2 Å². The van der Waals surface area contributed by atoms with Crippen LogP contribution in [0.4, 0.5) is 11.4 Å². The molecule has 0 fully saturated rings. The van der Waals surface area contributed by atoms with E-state index in [4.69, 9.17) is 5.73 Å². The van der Waals surface area contributed by atoms with Crippen LogP contribution in [0, 0.1) is 0 Å². The third-order valence-corrected chi connectivity index (χ3v) is 4.03. The lowest BCUT2D eigenvalue weighted by Gasteiger charge is -2.10. The molecule has 0 saturated heterocycles. The monoisotopic (exact) mass is 294 g/mol. The number of imidazole rings is 1. The number of nitrogen functional groups attached to an aromatic ring is 1. The van der Waals surface area contributed by atoms with Crippen molar-refractivity contribution in [3.63, 3.8) is 0 Å². The van der Waals surface area contributed by atoms with E-state index in [2.05, 4.69) is 10.3 Å². The van der Waals surface area contributed by atoms with Gasteiger partial charge in [0, 0.05) is 31.7 Å². The molecule has 0 bridgehead atoms. The Morgan fingerprint density at radius 3 is 2.80 bits per heavy atom. The number of nitrogens with one attached hydrogen (secondary N) is 1. The zero-order valence-electron chi connectivity index (χ0n) is 11.3. The summed E-state index contributed by atoms with van der Waals surface area (Å²) in [7, 11) is -3.21. The van der Waals surface area contributed by atoms with Gasteiger partial charge >= 0.3 is 0 Å². The molecule has 0 amide bonds. The van der Waals surface area contributed by atoms with Crippen molar-refractivity contribution in [3.8, 4) is 0 Å². The number of aromatic nitrogens is 2. The molecule has 20 heavy (non-hydrogen) atoms. The molecule has 3 N–H and O–H groups in total. The van der Waals surface area contributed by atoms with Gasteiger partial charge in [-0.05, 0) is 24.6 Å². The Morgan fingerprint density at radius 1 is 1.40 bits per heavy atom. The van der Waals surface area contributed by atoms with Gasteiger partial charge in [0.15, 0.2) is 9.84 Å². The highest BCUT2D eigenvalue weighted by Crippen LogP contribution is 2.22. The van der Waals surface area contributed by atoms with Crippen LogP contribution in [0.3, 0.4) is 0 Å². The minimum Gasteiger partial charge on any atom is -0.397 e. The molecule has 7 heteroatoms. The maximum Gasteiger partial charge on any atom is 0.175 e. The molecule has 2 rings (SSSR count). The predicted molar refractivity (Wildman–Crippen MR) is 79.3 cm³/mol. The van der Waals surface area contributed by atoms with Crippen LogP contribution in [-0.4, -0.2) is 30.8 Å².